The average molecular weight is 363 g/mol. The van der Waals surface area contributed by atoms with Gasteiger partial charge >= 0.3 is 0 Å². The summed E-state index contributed by atoms with van der Waals surface area (Å²) in [7, 11) is 0. The highest BCUT2D eigenvalue weighted by atomic mass is 79.9. The highest BCUT2D eigenvalue weighted by Gasteiger charge is 2.26. The molecule has 5 nitrogen and oxygen atoms in total. The third-order valence-corrected chi connectivity index (χ3v) is 4.87. The van der Waals surface area contributed by atoms with Crippen LogP contribution < -0.4 is 5.56 Å². The minimum atomic E-state index is -0.469. The van der Waals surface area contributed by atoms with Crippen molar-refractivity contribution < 1.29 is 4.92 Å². The van der Waals surface area contributed by atoms with E-state index in [9.17, 15) is 14.9 Å². The lowest BCUT2D eigenvalue weighted by molar-refractivity contribution is -0.386. The van der Waals surface area contributed by atoms with E-state index in [1.54, 1.807) is 6.92 Å². The van der Waals surface area contributed by atoms with Gasteiger partial charge in [-0.2, -0.15) is 12.6 Å². The first kappa shape index (κ1) is 17.2. The zero-order chi connectivity index (χ0) is 15.7. The van der Waals surface area contributed by atoms with E-state index in [0.29, 0.717) is 17.9 Å². The first-order valence-corrected chi connectivity index (χ1v) is 7.67. The van der Waals surface area contributed by atoms with Crippen molar-refractivity contribution in [2.24, 2.45) is 11.3 Å². The van der Waals surface area contributed by atoms with Crippen LogP contribution in [-0.4, -0.2) is 15.2 Å². The lowest BCUT2D eigenvalue weighted by atomic mass is 9.82. The largest absolute Gasteiger partial charge is 0.308 e. The van der Waals surface area contributed by atoms with E-state index in [1.165, 1.54) is 10.8 Å². The van der Waals surface area contributed by atoms with Gasteiger partial charge in [-0.3, -0.25) is 14.9 Å². The number of nitrogens with zero attached hydrogens (tertiary/aromatic N) is 2. The van der Waals surface area contributed by atoms with Gasteiger partial charge in [0.25, 0.3) is 11.2 Å². The van der Waals surface area contributed by atoms with Crippen molar-refractivity contribution in [2.45, 2.75) is 34.2 Å². The number of nitro groups is 1. The first-order chi connectivity index (χ1) is 9.09. The zero-order valence-electron chi connectivity index (χ0n) is 12.0. The van der Waals surface area contributed by atoms with Crippen LogP contribution in [0, 0.1) is 28.4 Å². The summed E-state index contributed by atoms with van der Waals surface area (Å²) in [4.78, 5) is 22.8. The Bertz CT molecular complexity index is 578. The summed E-state index contributed by atoms with van der Waals surface area (Å²) < 4.78 is 1.65. The number of hydrogen-bond acceptors (Lipinski definition) is 4. The molecule has 0 aromatic carbocycles. The monoisotopic (exact) mass is 362 g/mol. The van der Waals surface area contributed by atoms with Crippen molar-refractivity contribution in [1.29, 1.82) is 0 Å². The van der Waals surface area contributed by atoms with Gasteiger partial charge in [0.15, 0.2) is 0 Å². The Hall–Kier alpha value is -0.820. The Morgan fingerprint density at radius 2 is 2.05 bits per heavy atom. The molecule has 0 amide bonds. The number of pyridine rings is 1. The molecule has 1 aromatic heterocycles. The molecule has 1 unspecified atom stereocenters. The van der Waals surface area contributed by atoms with Gasteiger partial charge in [-0.05, 0) is 39.9 Å². The van der Waals surface area contributed by atoms with Gasteiger partial charge < -0.3 is 4.57 Å². The third kappa shape index (κ3) is 3.63. The quantitative estimate of drug-likeness (QED) is 0.506. The molecule has 0 bridgehead atoms. The highest BCUT2D eigenvalue weighted by molar-refractivity contribution is 9.10. The van der Waals surface area contributed by atoms with Gasteiger partial charge in [-0.25, -0.2) is 0 Å². The fourth-order valence-corrected chi connectivity index (χ4v) is 2.96. The van der Waals surface area contributed by atoms with Crippen LogP contribution >= 0.6 is 28.6 Å². The van der Waals surface area contributed by atoms with Crippen LogP contribution in [0.15, 0.2) is 15.5 Å². The molecule has 0 spiro atoms. The second-order valence-electron chi connectivity index (χ2n) is 5.91. The molecule has 112 valence electrons. The molecule has 0 N–H and O–H groups in total. The van der Waals surface area contributed by atoms with Crippen LogP contribution in [0.5, 0.6) is 0 Å². The Morgan fingerprint density at radius 3 is 2.45 bits per heavy atom. The normalized spacial score (nSPS) is 13.3. The lowest BCUT2D eigenvalue weighted by Gasteiger charge is -2.30. The molecular formula is C13H19BrN2O3S. The summed E-state index contributed by atoms with van der Waals surface area (Å²) in [5, 5.41) is 11.0. The van der Waals surface area contributed by atoms with E-state index in [2.05, 4.69) is 49.3 Å². The first-order valence-electron chi connectivity index (χ1n) is 6.24. The van der Waals surface area contributed by atoms with Crippen LogP contribution in [0.25, 0.3) is 0 Å². The second-order valence-corrected chi connectivity index (χ2v) is 7.07. The van der Waals surface area contributed by atoms with Gasteiger partial charge in [0.2, 0.25) is 0 Å². The minimum absolute atomic E-state index is 0.0344. The molecule has 0 aliphatic carbocycles. The predicted molar refractivity (Wildman–Crippen MR) is 86.6 cm³/mol. The number of rotatable bonds is 4. The summed E-state index contributed by atoms with van der Waals surface area (Å²) in [5.41, 5.74) is 0.0229. The van der Waals surface area contributed by atoms with Crippen LogP contribution in [0.3, 0.4) is 0 Å². The van der Waals surface area contributed by atoms with Crippen LogP contribution in [0.4, 0.5) is 5.69 Å². The maximum Gasteiger partial charge on any atom is 0.289 e. The predicted octanol–water partition coefficient (Wildman–Crippen LogP) is 3.42. The van der Waals surface area contributed by atoms with E-state index in [-0.39, 0.29) is 27.1 Å². The topological polar surface area (TPSA) is 65.1 Å². The number of hydrogen-bond donors (Lipinski definition) is 1. The lowest BCUT2D eigenvalue weighted by Crippen LogP contribution is -2.32. The van der Waals surface area contributed by atoms with Crippen molar-refractivity contribution in [3.8, 4) is 0 Å². The van der Waals surface area contributed by atoms with Crippen molar-refractivity contribution in [1.82, 2.24) is 4.57 Å². The maximum atomic E-state index is 12.2. The molecule has 0 fully saturated rings. The van der Waals surface area contributed by atoms with Crippen molar-refractivity contribution in [3.05, 3.63) is 36.7 Å². The number of halogens is 1. The van der Waals surface area contributed by atoms with Gasteiger partial charge in [0.05, 0.1) is 15.6 Å². The van der Waals surface area contributed by atoms with E-state index >= 15 is 0 Å². The molecule has 0 radical (unpaired) electrons. The molecular weight excluding hydrogens is 344 g/mol. The van der Waals surface area contributed by atoms with Gasteiger partial charge in [-0.15, -0.1) is 0 Å². The third-order valence-electron chi connectivity index (χ3n) is 3.50. The molecule has 0 saturated heterocycles. The van der Waals surface area contributed by atoms with Crippen LogP contribution in [0.2, 0.25) is 0 Å². The zero-order valence-corrected chi connectivity index (χ0v) is 14.5. The van der Waals surface area contributed by atoms with Crippen molar-refractivity contribution in [2.75, 3.05) is 5.75 Å². The SMILES string of the molecule is Cc1c([N+](=O)[O-])cn(CC(CS)C(C)(C)C)c(=O)c1Br. The molecule has 0 aliphatic rings. The summed E-state index contributed by atoms with van der Waals surface area (Å²) in [5.74, 6) is 0.743. The summed E-state index contributed by atoms with van der Waals surface area (Å²) in [6.07, 6.45) is 1.32. The minimum Gasteiger partial charge on any atom is -0.308 e. The highest BCUT2D eigenvalue weighted by Crippen LogP contribution is 2.29. The Kier molecular flexibility index (Phi) is 5.43. The van der Waals surface area contributed by atoms with E-state index in [1.807, 2.05) is 0 Å². The molecule has 1 heterocycles. The van der Waals surface area contributed by atoms with E-state index < -0.39 is 4.92 Å². The Labute approximate surface area is 132 Å². The van der Waals surface area contributed by atoms with Crippen molar-refractivity contribution >= 4 is 34.2 Å². The smallest absolute Gasteiger partial charge is 0.289 e. The standard InChI is InChI=1S/C13H19BrN2O3S/c1-8-10(16(18)19)6-15(12(17)11(8)14)5-9(7-20)13(2,3)4/h6,9,20H,5,7H2,1-4H3. The van der Waals surface area contributed by atoms with Gasteiger partial charge in [0.1, 0.15) is 0 Å². The number of thiol groups is 1. The molecule has 1 aromatic rings. The molecule has 1 atom stereocenters. The number of aromatic nitrogens is 1. The molecule has 20 heavy (non-hydrogen) atoms. The van der Waals surface area contributed by atoms with E-state index in [0.717, 1.165) is 0 Å². The Balaban J connectivity index is 3.33. The molecule has 0 aliphatic heterocycles. The molecule has 1 rings (SSSR count). The Morgan fingerprint density at radius 1 is 1.50 bits per heavy atom. The maximum absolute atomic E-state index is 12.2. The summed E-state index contributed by atoms with van der Waals surface area (Å²) in [6, 6.07) is 0. The van der Waals surface area contributed by atoms with Crippen LogP contribution in [0.1, 0.15) is 26.3 Å². The summed E-state index contributed by atoms with van der Waals surface area (Å²) in [6.45, 7) is 8.17. The average Bonchev–Trinajstić information content (AvgIpc) is 2.33. The van der Waals surface area contributed by atoms with Crippen molar-refractivity contribution in [3.63, 3.8) is 0 Å². The van der Waals surface area contributed by atoms with Crippen LogP contribution in [-0.2, 0) is 6.54 Å². The van der Waals surface area contributed by atoms with Gasteiger partial charge in [-0.1, -0.05) is 20.8 Å². The fourth-order valence-electron chi connectivity index (χ4n) is 1.86. The van der Waals surface area contributed by atoms with Gasteiger partial charge in [0, 0.05) is 12.1 Å². The fraction of sp³-hybridized carbons (Fsp3) is 0.615. The molecule has 7 heteroatoms. The molecule has 0 saturated carbocycles. The summed E-state index contributed by atoms with van der Waals surface area (Å²) >= 11 is 7.48. The second kappa shape index (κ2) is 6.30. The van der Waals surface area contributed by atoms with E-state index in [4.69, 9.17) is 0 Å².